The van der Waals surface area contributed by atoms with Crippen LogP contribution in [0.5, 0.6) is 0 Å². The molecule has 4 nitrogen and oxygen atoms in total. The average Bonchev–Trinajstić information content (AvgIpc) is 2.93. The molecule has 28 heavy (non-hydrogen) atoms. The number of hydrogen-bond acceptors (Lipinski definition) is 3. The maximum absolute atomic E-state index is 12.7. The van der Waals surface area contributed by atoms with Crippen molar-refractivity contribution in [1.29, 1.82) is 0 Å². The van der Waals surface area contributed by atoms with Gasteiger partial charge < -0.3 is 10.2 Å². The molecule has 2 aliphatic heterocycles. The van der Waals surface area contributed by atoms with Gasteiger partial charge in [-0.25, -0.2) is 0 Å². The Morgan fingerprint density at radius 2 is 1.68 bits per heavy atom. The zero-order valence-electron chi connectivity index (χ0n) is 16.6. The molecule has 2 aliphatic rings. The number of nitrogens with one attached hydrogen (secondary N) is 1. The number of benzene rings is 2. The van der Waals surface area contributed by atoms with Crippen LogP contribution in [-0.2, 0) is 17.8 Å². The topological polar surface area (TPSA) is 35.6 Å². The second-order valence-electron chi connectivity index (χ2n) is 8.11. The molecular weight excluding hydrogens is 346 g/mol. The number of fused-ring (bicyclic) bond motifs is 1. The van der Waals surface area contributed by atoms with Gasteiger partial charge in [0.1, 0.15) is 0 Å². The number of anilines is 1. The van der Waals surface area contributed by atoms with E-state index in [2.05, 4.69) is 69.7 Å². The molecule has 4 heteroatoms. The standard InChI is InChI=1S/C24H31N3O/c28-24(19-27-15-7-6-11-21-10-4-5-12-23(21)27)25-22-13-16-26(17-14-22)18-20-8-2-1-3-9-20/h1-5,8-10,12,22H,6-7,11,13-19H2,(H,25,28). The fourth-order valence-corrected chi connectivity index (χ4v) is 4.46. The van der Waals surface area contributed by atoms with Crippen molar-refractivity contribution in [2.75, 3.05) is 31.1 Å². The summed E-state index contributed by atoms with van der Waals surface area (Å²) in [5.74, 6) is 0.165. The van der Waals surface area contributed by atoms with Crippen molar-refractivity contribution in [3.05, 3.63) is 65.7 Å². The quantitative estimate of drug-likeness (QED) is 0.865. The second-order valence-corrected chi connectivity index (χ2v) is 8.11. The molecule has 0 aliphatic carbocycles. The van der Waals surface area contributed by atoms with Gasteiger partial charge in [-0.1, -0.05) is 48.5 Å². The van der Waals surface area contributed by atoms with E-state index in [1.54, 1.807) is 0 Å². The van der Waals surface area contributed by atoms with Gasteiger partial charge in [-0.2, -0.15) is 0 Å². The first kappa shape index (κ1) is 19.0. The molecule has 2 heterocycles. The van der Waals surface area contributed by atoms with Crippen molar-refractivity contribution in [2.45, 2.75) is 44.7 Å². The first-order valence-electron chi connectivity index (χ1n) is 10.7. The Morgan fingerprint density at radius 1 is 0.929 bits per heavy atom. The minimum Gasteiger partial charge on any atom is -0.362 e. The number of carbonyl (C=O) groups is 1. The van der Waals surface area contributed by atoms with Crippen LogP contribution in [0.25, 0.3) is 0 Å². The highest BCUT2D eigenvalue weighted by atomic mass is 16.2. The average molecular weight is 378 g/mol. The molecule has 2 aromatic carbocycles. The molecular formula is C24H31N3O. The Morgan fingerprint density at radius 3 is 2.50 bits per heavy atom. The molecule has 1 N–H and O–H groups in total. The van der Waals surface area contributed by atoms with Crippen LogP contribution < -0.4 is 10.2 Å². The van der Waals surface area contributed by atoms with Gasteiger partial charge in [0.2, 0.25) is 5.91 Å². The molecule has 1 saturated heterocycles. The highest BCUT2D eigenvalue weighted by Crippen LogP contribution is 2.25. The maximum Gasteiger partial charge on any atom is 0.239 e. The Labute approximate surface area is 168 Å². The summed E-state index contributed by atoms with van der Waals surface area (Å²) < 4.78 is 0. The maximum atomic E-state index is 12.7. The Bertz CT molecular complexity index is 768. The largest absolute Gasteiger partial charge is 0.362 e. The van der Waals surface area contributed by atoms with Crippen LogP contribution >= 0.6 is 0 Å². The van der Waals surface area contributed by atoms with Crippen LogP contribution in [0.2, 0.25) is 0 Å². The molecule has 0 bridgehead atoms. The van der Waals surface area contributed by atoms with E-state index in [-0.39, 0.29) is 5.91 Å². The van der Waals surface area contributed by atoms with Crippen LogP contribution in [0, 0.1) is 0 Å². The minimum atomic E-state index is 0.165. The first-order chi connectivity index (χ1) is 13.8. The van der Waals surface area contributed by atoms with Crippen LogP contribution in [0.3, 0.4) is 0 Å². The number of amides is 1. The van der Waals surface area contributed by atoms with Gasteiger partial charge in [-0.05, 0) is 49.3 Å². The molecule has 2 aromatic rings. The van der Waals surface area contributed by atoms with Crippen LogP contribution in [0.1, 0.15) is 36.8 Å². The Hall–Kier alpha value is -2.33. The molecule has 0 saturated carbocycles. The van der Waals surface area contributed by atoms with Gasteiger partial charge >= 0.3 is 0 Å². The molecule has 1 fully saturated rings. The number of aryl methyl sites for hydroxylation is 1. The first-order valence-corrected chi connectivity index (χ1v) is 10.7. The van der Waals surface area contributed by atoms with Crippen LogP contribution in [-0.4, -0.2) is 43.0 Å². The number of nitrogens with zero attached hydrogens (tertiary/aromatic N) is 2. The second kappa shape index (κ2) is 9.24. The van der Waals surface area contributed by atoms with Crippen LogP contribution in [0.15, 0.2) is 54.6 Å². The van der Waals surface area contributed by atoms with Crippen LogP contribution in [0.4, 0.5) is 5.69 Å². The zero-order chi connectivity index (χ0) is 19.2. The predicted octanol–water partition coefficient (Wildman–Crippen LogP) is 3.61. The molecule has 0 radical (unpaired) electrons. The summed E-state index contributed by atoms with van der Waals surface area (Å²) in [6.45, 7) is 4.55. The lowest BCUT2D eigenvalue weighted by molar-refractivity contribution is -0.120. The van der Waals surface area contributed by atoms with Gasteiger partial charge in [-0.3, -0.25) is 9.69 Å². The fourth-order valence-electron chi connectivity index (χ4n) is 4.46. The molecule has 0 aromatic heterocycles. The molecule has 4 rings (SSSR count). The number of piperidine rings is 1. The third-order valence-electron chi connectivity index (χ3n) is 5.99. The van der Waals surface area contributed by atoms with E-state index in [9.17, 15) is 4.79 Å². The third-order valence-corrected chi connectivity index (χ3v) is 5.99. The van der Waals surface area contributed by atoms with Crippen molar-refractivity contribution in [1.82, 2.24) is 10.2 Å². The van der Waals surface area contributed by atoms with E-state index in [0.29, 0.717) is 12.6 Å². The monoisotopic (exact) mass is 377 g/mol. The van der Waals surface area contributed by atoms with Crippen molar-refractivity contribution < 1.29 is 4.79 Å². The highest BCUT2D eigenvalue weighted by Gasteiger charge is 2.23. The summed E-state index contributed by atoms with van der Waals surface area (Å²) in [5.41, 5.74) is 3.99. The molecule has 0 spiro atoms. The molecule has 148 valence electrons. The van der Waals surface area contributed by atoms with Crippen molar-refractivity contribution >= 4 is 11.6 Å². The SMILES string of the molecule is O=C(CN1CCCCc2ccccc21)NC1CCN(Cc2ccccc2)CC1. The summed E-state index contributed by atoms with van der Waals surface area (Å²) in [6.07, 6.45) is 5.55. The van der Waals surface area contributed by atoms with Crippen molar-refractivity contribution in [3.63, 3.8) is 0 Å². The normalized spacial score (nSPS) is 18.4. The zero-order valence-corrected chi connectivity index (χ0v) is 16.6. The van der Waals surface area contributed by atoms with Gasteiger partial charge in [0.15, 0.2) is 0 Å². The summed E-state index contributed by atoms with van der Waals surface area (Å²) in [7, 11) is 0. The van der Waals surface area contributed by atoms with Gasteiger partial charge in [0, 0.05) is 37.9 Å². The highest BCUT2D eigenvalue weighted by molar-refractivity contribution is 5.82. The summed E-state index contributed by atoms with van der Waals surface area (Å²) in [6, 6.07) is 19.5. The number of para-hydroxylation sites is 1. The van der Waals surface area contributed by atoms with Crippen molar-refractivity contribution in [2.24, 2.45) is 0 Å². The van der Waals surface area contributed by atoms with E-state index >= 15 is 0 Å². The number of carbonyl (C=O) groups excluding carboxylic acids is 1. The van der Waals surface area contributed by atoms with Gasteiger partial charge in [-0.15, -0.1) is 0 Å². The van der Waals surface area contributed by atoms with Gasteiger partial charge in [0.25, 0.3) is 0 Å². The minimum absolute atomic E-state index is 0.165. The summed E-state index contributed by atoms with van der Waals surface area (Å²) in [4.78, 5) is 17.5. The fraction of sp³-hybridized carbons (Fsp3) is 0.458. The number of hydrogen-bond donors (Lipinski definition) is 1. The summed E-state index contributed by atoms with van der Waals surface area (Å²) in [5, 5.41) is 3.29. The Kier molecular flexibility index (Phi) is 6.27. The lowest BCUT2D eigenvalue weighted by Crippen LogP contribution is -2.47. The smallest absolute Gasteiger partial charge is 0.239 e. The summed E-state index contributed by atoms with van der Waals surface area (Å²) >= 11 is 0. The lowest BCUT2D eigenvalue weighted by atomic mass is 10.0. The number of rotatable bonds is 5. The van der Waals surface area contributed by atoms with E-state index in [1.807, 2.05) is 0 Å². The van der Waals surface area contributed by atoms with E-state index in [1.165, 1.54) is 23.2 Å². The molecule has 0 atom stereocenters. The van der Waals surface area contributed by atoms with E-state index < -0.39 is 0 Å². The van der Waals surface area contributed by atoms with Gasteiger partial charge in [0.05, 0.1) is 6.54 Å². The lowest BCUT2D eigenvalue weighted by Gasteiger charge is -2.33. The number of likely N-dealkylation sites (tertiary alicyclic amines) is 1. The Balaban J connectivity index is 1.26. The predicted molar refractivity (Wildman–Crippen MR) is 114 cm³/mol. The third kappa shape index (κ3) is 4.93. The molecule has 1 amide bonds. The van der Waals surface area contributed by atoms with Crippen molar-refractivity contribution in [3.8, 4) is 0 Å². The van der Waals surface area contributed by atoms with E-state index in [4.69, 9.17) is 0 Å². The molecule has 0 unspecified atom stereocenters. The van der Waals surface area contributed by atoms with E-state index in [0.717, 1.165) is 51.9 Å².